The van der Waals surface area contributed by atoms with Gasteiger partial charge in [0.2, 0.25) is 41.4 Å². The van der Waals surface area contributed by atoms with Gasteiger partial charge in [-0.1, -0.05) is 135 Å². The van der Waals surface area contributed by atoms with Gasteiger partial charge in [0.1, 0.15) is 36.3 Å². The van der Waals surface area contributed by atoms with Crippen LogP contribution in [-0.2, 0) is 65.5 Å². The Kier molecular flexibility index (Phi) is 30.1. The second-order valence-electron chi connectivity index (χ2n) is 25.7. The van der Waals surface area contributed by atoms with Crippen LogP contribution in [0.25, 0.3) is 0 Å². The monoisotopic (exact) mass is 1310 g/mol. The van der Waals surface area contributed by atoms with Crippen LogP contribution in [0.3, 0.4) is 0 Å². The van der Waals surface area contributed by atoms with Crippen molar-refractivity contribution in [2.24, 2.45) is 11.8 Å². The van der Waals surface area contributed by atoms with E-state index in [2.05, 4.69) is 54.7 Å². The first-order valence-electron chi connectivity index (χ1n) is 35.0. The smallest absolute Gasteiger partial charge is 0.247 e. The largest absolute Gasteiger partial charge is 0.379 e. The molecule has 7 amide bonds. The van der Waals surface area contributed by atoms with Gasteiger partial charge in [-0.3, -0.25) is 38.4 Å². The van der Waals surface area contributed by atoms with Crippen LogP contribution in [0.1, 0.15) is 151 Å². The van der Waals surface area contributed by atoms with Crippen LogP contribution in [0.2, 0.25) is 0 Å². The number of ether oxygens (including phenoxy) is 3. The number of hydrogen-bond acceptors (Lipinski definition) is 14. The van der Waals surface area contributed by atoms with Crippen molar-refractivity contribution in [3.63, 3.8) is 0 Å². The van der Waals surface area contributed by atoms with Gasteiger partial charge in [0.15, 0.2) is 5.78 Å². The number of fused-ring (bicyclic) bond motifs is 2. The Morgan fingerprint density at radius 2 is 0.947 bits per heavy atom. The molecule has 4 heterocycles. The molecule has 0 spiro atoms. The van der Waals surface area contributed by atoms with Gasteiger partial charge in [0, 0.05) is 57.3 Å². The van der Waals surface area contributed by atoms with Gasteiger partial charge >= 0.3 is 0 Å². The highest BCUT2D eigenvalue weighted by Crippen LogP contribution is 2.37. The molecule has 8 N–H and O–H groups in total. The molecule has 21 heteroatoms. The molecular formula is C74H104N10O11. The molecular weight excluding hydrogens is 1200 g/mol. The molecule has 0 saturated carbocycles. The summed E-state index contributed by atoms with van der Waals surface area (Å²) in [7, 11) is 3.46. The highest BCUT2D eigenvalue weighted by molar-refractivity contribution is 5.97. The fraction of sp³-hybridized carbons (Fsp3) is 0.568. The summed E-state index contributed by atoms with van der Waals surface area (Å²) in [5, 5.41) is 24.9. The van der Waals surface area contributed by atoms with Crippen LogP contribution >= 0.6 is 0 Å². The molecule has 21 nitrogen and oxygen atoms in total. The van der Waals surface area contributed by atoms with Gasteiger partial charge in [0.25, 0.3) is 0 Å². The number of likely N-dealkylation sites (N-methyl/N-ethyl adjacent to an activating group) is 2. The van der Waals surface area contributed by atoms with Gasteiger partial charge in [-0.25, -0.2) is 0 Å². The minimum Gasteiger partial charge on any atom is -0.379 e. The molecule has 95 heavy (non-hydrogen) atoms. The summed E-state index contributed by atoms with van der Waals surface area (Å²) in [6.45, 7) is 7.40. The van der Waals surface area contributed by atoms with Crippen molar-refractivity contribution in [2.45, 2.75) is 190 Å². The van der Waals surface area contributed by atoms with Gasteiger partial charge in [-0.2, -0.15) is 0 Å². The maximum Gasteiger partial charge on any atom is 0.247 e. The third kappa shape index (κ3) is 21.3. The molecule has 0 aromatic heterocycles. The Morgan fingerprint density at radius 3 is 1.47 bits per heavy atom. The average molecular weight is 1310 g/mol. The molecule has 4 aliphatic rings. The predicted molar refractivity (Wildman–Crippen MR) is 364 cm³/mol. The number of ketones is 1. The van der Waals surface area contributed by atoms with E-state index >= 15 is 0 Å². The minimum atomic E-state index is -1.01. The van der Waals surface area contributed by atoms with Crippen molar-refractivity contribution in [3.05, 3.63) is 144 Å². The predicted octanol–water partition coefficient (Wildman–Crippen LogP) is 6.31. The Labute approximate surface area is 561 Å². The molecule has 0 bridgehead atoms. The number of rotatable bonds is 39. The number of nitrogens with one attached hydrogen (secondary N) is 8. The molecule has 4 aliphatic heterocycles. The Bertz CT molecular complexity index is 2830. The van der Waals surface area contributed by atoms with Gasteiger partial charge < -0.3 is 66.5 Å². The third-order valence-corrected chi connectivity index (χ3v) is 19.4. The molecule has 0 aliphatic carbocycles. The van der Waals surface area contributed by atoms with E-state index in [1.807, 2.05) is 111 Å². The standard InChI is InChI=1S/C74H104N10O11/c1-5-59(75-3)68(86)81-66-55(32-21-27-51-23-11-7-12-24-51)34-36-57-38-41-62(83(57)73(66)91)71(89)80-65(54-30-17-10-18-31-54)72(90)78-42-22-44-94-46-48-95-47-45-93-43-20-19-33-63(85)64(53-28-15-9-16-29-53)79-70(88)61-40-39-58-37-35-56(50-77-49-52-25-13-8-14-26-52)67(74(92)84(58)61)82-69(87)60(6-2)76-4/h7-18,23-26,28-31,55-62,64-67,75-77H,5-6,19-22,27,32-50H2,1-4H3,(H,78,90)(H,79,88)(H,80,89)(H,81,86)(H,82,87)/t55-,56+,57-,58-,59-,60-,61-,62-,64-,65-,66-,67-/m0/s1. The molecule has 4 fully saturated rings. The molecule has 4 aromatic carbocycles. The molecule has 4 saturated heterocycles. The van der Waals surface area contributed by atoms with E-state index in [9.17, 15) is 38.4 Å². The summed E-state index contributed by atoms with van der Waals surface area (Å²) in [5.74, 6) is -2.61. The van der Waals surface area contributed by atoms with Crippen molar-refractivity contribution >= 4 is 47.1 Å². The second-order valence-corrected chi connectivity index (χ2v) is 25.7. The summed E-state index contributed by atoms with van der Waals surface area (Å²) < 4.78 is 17.4. The van der Waals surface area contributed by atoms with E-state index in [4.69, 9.17) is 14.2 Å². The summed E-state index contributed by atoms with van der Waals surface area (Å²) in [4.78, 5) is 117. The Balaban J connectivity index is 0.729. The van der Waals surface area contributed by atoms with Gasteiger partial charge in [-0.05, 0) is 145 Å². The maximum absolute atomic E-state index is 14.8. The first-order valence-corrected chi connectivity index (χ1v) is 35.0. The zero-order chi connectivity index (χ0) is 67.3. The van der Waals surface area contributed by atoms with Crippen LogP contribution in [0, 0.1) is 11.8 Å². The number of carbonyl (C=O) groups excluding carboxylic acids is 8. The van der Waals surface area contributed by atoms with Crippen LogP contribution in [0.5, 0.6) is 0 Å². The number of carbonyl (C=O) groups is 8. The van der Waals surface area contributed by atoms with E-state index in [0.717, 1.165) is 37.7 Å². The number of aryl methyl sites for hydroxylation is 1. The van der Waals surface area contributed by atoms with Crippen molar-refractivity contribution < 1.29 is 52.6 Å². The maximum atomic E-state index is 14.8. The van der Waals surface area contributed by atoms with E-state index in [1.165, 1.54) is 5.56 Å². The zero-order valence-corrected chi connectivity index (χ0v) is 56.2. The summed E-state index contributed by atoms with van der Waals surface area (Å²) in [6.07, 6.45) is 10.5. The quantitative estimate of drug-likeness (QED) is 0.0228. The average Bonchev–Trinajstić information content (AvgIpc) is 1.66. The molecule has 12 atom stereocenters. The molecule has 516 valence electrons. The SMILES string of the molecule is CC[C@H](NC)C(=O)N[C@@H]1C(=O)N2[C@@H](CC[C@@H]1CNCc1ccccc1)CC[C@H]2C(=O)N[C@H](C(=O)CCCCOCCOCCOCCCNC(=O)[C@@H](NC(=O)[C@@H]1CC[C@@H]2CC[C@H](CCCc3ccccc3)[C@H](NC(=O)[C@H](CC)NC)C(=O)N21)c1ccccc1)c1ccccc1. The lowest BCUT2D eigenvalue weighted by molar-refractivity contribution is -0.144. The van der Waals surface area contributed by atoms with Crippen molar-refractivity contribution in [1.29, 1.82) is 0 Å². The number of benzene rings is 4. The van der Waals surface area contributed by atoms with Gasteiger partial charge in [0.05, 0.1) is 38.5 Å². The number of amides is 7. The van der Waals surface area contributed by atoms with E-state index in [0.29, 0.717) is 141 Å². The fourth-order valence-corrected chi connectivity index (χ4v) is 14.1. The lowest BCUT2D eigenvalue weighted by atomic mass is 9.88. The van der Waals surface area contributed by atoms with Gasteiger partial charge in [-0.15, -0.1) is 0 Å². The Hall–Kier alpha value is -7.40. The van der Waals surface area contributed by atoms with Crippen LogP contribution in [-0.4, -0.2) is 172 Å². The third-order valence-electron chi connectivity index (χ3n) is 19.4. The normalized spacial score (nSPS) is 22.2. The molecule has 8 rings (SSSR count). The fourth-order valence-electron chi connectivity index (χ4n) is 14.1. The summed E-state index contributed by atoms with van der Waals surface area (Å²) in [6, 6.07) is 32.1. The topological polar surface area (TPSA) is 267 Å². The van der Waals surface area contributed by atoms with E-state index < -0.39 is 54.2 Å². The number of unbranched alkanes of at least 4 members (excludes halogenated alkanes) is 1. The van der Waals surface area contributed by atoms with Crippen LogP contribution < -0.4 is 42.5 Å². The first kappa shape index (κ1) is 73.4. The van der Waals surface area contributed by atoms with Crippen molar-refractivity contribution in [3.8, 4) is 0 Å². The van der Waals surface area contributed by atoms with Crippen LogP contribution in [0.4, 0.5) is 0 Å². The lowest BCUT2D eigenvalue weighted by Gasteiger charge is -2.33. The number of Topliss-reactive ketones (excluding diaryl/α,β-unsaturated/α-hetero) is 1. The first-order chi connectivity index (χ1) is 46.3. The zero-order valence-electron chi connectivity index (χ0n) is 56.2. The highest BCUT2D eigenvalue weighted by Gasteiger charge is 2.50. The van der Waals surface area contributed by atoms with E-state index in [1.54, 1.807) is 36.0 Å². The second kappa shape index (κ2) is 39.0. The molecule has 4 aromatic rings. The number of hydrogen-bond donors (Lipinski definition) is 8. The summed E-state index contributed by atoms with van der Waals surface area (Å²) in [5.41, 5.74) is 3.61. The molecule has 0 radical (unpaired) electrons. The van der Waals surface area contributed by atoms with E-state index in [-0.39, 0.29) is 71.6 Å². The van der Waals surface area contributed by atoms with Crippen molar-refractivity contribution in [1.82, 2.24) is 52.3 Å². The minimum absolute atomic E-state index is 0.0976. The lowest BCUT2D eigenvalue weighted by Crippen LogP contribution is -2.59. The summed E-state index contributed by atoms with van der Waals surface area (Å²) >= 11 is 0. The van der Waals surface area contributed by atoms with Crippen LogP contribution in [0.15, 0.2) is 121 Å². The van der Waals surface area contributed by atoms with Crippen molar-refractivity contribution in [2.75, 3.05) is 66.8 Å². The highest BCUT2D eigenvalue weighted by atomic mass is 16.5. The molecule has 0 unspecified atom stereocenters. The number of nitrogens with zero attached hydrogens (tertiary/aromatic N) is 2. The Morgan fingerprint density at radius 1 is 0.495 bits per heavy atom.